The molecule has 0 spiro atoms. The molecule has 2 rings (SSSR count). The maximum Gasteiger partial charge on any atom is 0.105 e. The van der Waals surface area contributed by atoms with Crippen LogP contribution in [0.5, 0.6) is 0 Å². The number of nitrogens with one attached hydrogen (secondary N) is 1. The summed E-state index contributed by atoms with van der Waals surface area (Å²) >= 11 is 0. The van der Waals surface area contributed by atoms with Gasteiger partial charge in [0.1, 0.15) is 11.5 Å². The number of aromatic nitrogens is 2. The van der Waals surface area contributed by atoms with Gasteiger partial charge in [0.2, 0.25) is 0 Å². The first kappa shape index (κ1) is 14.9. The largest absolute Gasteiger partial charge is 0.466 e. The van der Waals surface area contributed by atoms with Crippen molar-refractivity contribution >= 4 is 0 Å². The van der Waals surface area contributed by atoms with Crippen LogP contribution in [0.2, 0.25) is 0 Å². The zero-order chi connectivity index (χ0) is 14.5. The van der Waals surface area contributed by atoms with Crippen LogP contribution in [0.4, 0.5) is 0 Å². The van der Waals surface area contributed by atoms with E-state index in [1.165, 1.54) is 11.1 Å². The number of aryl methyl sites for hydroxylation is 3. The summed E-state index contributed by atoms with van der Waals surface area (Å²) in [4.78, 5) is 0. The lowest BCUT2D eigenvalue weighted by atomic mass is 10.0. The Kier molecular flexibility index (Phi) is 5.01. The predicted molar refractivity (Wildman–Crippen MR) is 80.8 cm³/mol. The van der Waals surface area contributed by atoms with E-state index in [-0.39, 0.29) is 0 Å². The van der Waals surface area contributed by atoms with E-state index in [4.69, 9.17) is 4.42 Å². The van der Waals surface area contributed by atoms with Crippen molar-refractivity contribution in [3.05, 3.63) is 41.1 Å². The molecule has 0 amide bonds. The molecule has 1 atom stereocenters. The molecule has 20 heavy (non-hydrogen) atoms. The monoisotopic (exact) mass is 275 g/mol. The lowest BCUT2D eigenvalue weighted by molar-refractivity contribution is 0.480. The average molecular weight is 275 g/mol. The maximum absolute atomic E-state index is 5.68. The molecule has 1 unspecified atom stereocenters. The normalized spacial score (nSPS) is 12.8. The van der Waals surface area contributed by atoms with Gasteiger partial charge in [0.25, 0.3) is 0 Å². The van der Waals surface area contributed by atoms with Gasteiger partial charge < -0.3 is 9.73 Å². The minimum absolute atomic E-state index is 0.293. The molecule has 0 saturated heterocycles. The first-order valence-corrected chi connectivity index (χ1v) is 7.45. The van der Waals surface area contributed by atoms with E-state index < -0.39 is 0 Å². The third-order valence-corrected chi connectivity index (χ3v) is 3.55. The van der Waals surface area contributed by atoms with E-state index in [0.29, 0.717) is 6.04 Å². The lowest BCUT2D eigenvalue weighted by Crippen LogP contribution is -2.24. The minimum atomic E-state index is 0.293. The Balaban J connectivity index is 2.16. The van der Waals surface area contributed by atoms with Gasteiger partial charge in [0, 0.05) is 24.3 Å². The van der Waals surface area contributed by atoms with Crippen molar-refractivity contribution < 1.29 is 4.42 Å². The van der Waals surface area contributed by atoms with Crippen LogP contribution < -0.4 is 5.32 Å². The summed E-state index contributed by atoms with van der Waals surface area (Å²) in [7, 11) is 0. The summed E-state index contributed by atoms with van der Waals surface area (Å²) < 4.78 is 7.65. The van der Waals surface area contributed by atoms with Crippen molar-refractivity contribution in [1.29, 1.82) is 0 Å². The van der Waals surface area contributed by atoms with Gasteiger partial charge >= 0.3 is 0 Å². The molecule has 2 aromatic rings. The highest BCUT2D eigenvalue weighted by Crippen LogP contribution is 2.24. The second-order valence-corrected chi connectivity index (χ2v) is 5.28. The summed E-state index contributed by atoms with van der Waals surface area (Å²) in [5.74, 6) is 1.99. The molecule has 0 radical (unpaired) electrons. The standard InChI is InChI=1S/C16H25N3O/c1-5-7-17-16(15-8-12(3)20-13(15)4)9-14-10-18-19(6-2)11-14/h8,10-11,16-17H,5-7,9H2,1-4H3. The topological polar surface area (TPSA) is 43.0 Å². The number of furan rings is 1. The smallest absolute Gasteiger partial charge is 0.105 e. The van der Waals surface area contributed by atoms with Crippen molar-refractivity contribution in [3.8, 4) is 0 Å². The molecule has 110 valence electrons. The number of hydrogen-bond donors (Lipinski definition) is 1. The first-order valence-electron chi connectivity index (χ1n) is 7.45. The van der Waals surface area contributed by atoms with E-state index in [1.54, 1.807) is 0 Å². The molecular formula is C16H25N3O. The lowest BCUT2D eigenvalue weighted by Gasteiger charge is -2.17. The minimum Gasteiger partial charge on any atom is -0.466 e. The fraction of sp³-hybridized carbons (Fsp3) is 0.562. The van der Waals surface area contributed by atoms with Gasteiger partial charge in [-0.25, -0.2) is 0 Å². The van der Waals surface area contributed by atoms with Crippen molar-refractivity contribution in [3.63, 3.8) is 0 Å². The van der Waals surface area contributed by atoms with Crippen LogP contribution >= 0.6 is 0 Å². The van der Waals surface area contributed by atoms with Crippen molar-refractivity contribution in [1.82, 2.24) is 15.1 Å². The number of nitrogens with zero attached hydrogens (tertiary/aromatic N) is 2. The van der Waals surface area contributed by atoms with Gasteiger partial charge in [0.05, 0.1) is 6.20 Å². The van der Waals surface area contributed by atoms with Crippen LogP contribution in [-0.2, 0) is 13.0 Å². The van der Waals surface area contributed by atoms with Crippen molar-refractivity contribution in [2.24, 2.45) is 0 Å². The molecule has 4 heteroatoms. The Morgan fingerprint density at radius 2 is 2.15 bits per heavy atom. The van der Waals surface area contributed by atoms with E-state index >= 15 is 0 Å². The predicted octanol–water partition coefficient (Wildman–Crippen LogP) is 3.40. The van der Waals surface area contributed by atoms with E-state index in [2.05, 4.69) is 36.5 Å². The molecule has 0 bridgehead atoms. The fourth-order valence-corrected chi connectivity index (χ4v) is 2.53. The third-order valence-electron chi connectivity index (χ3n) is 3.55. The van der Waals surface area contributed by atoms with E-state index in [0.717, 1.165) is 37.5 Å². The summed E-state index contributed by atoms with van der Waals surface area (Å²) in [6.45, 7) is 10.3. The van der Waals surface area contributed by atoms with Gasteiger partial charge in [-0.2, -0.15) is 5.10 Å². The molecule has 4 nitrogen and oxygen atoms in total. The van der Waals surface area contributed by atoms with Crippen LogP contribution in [0.15, 0.2) is 22.9 Å². The molecule has 0 aliphatic carbocycles. The fourth-order valence-electron chi connectivity index (χ4n) is 2.53. The Hall–Kier alpha value is -1.55. The zero-order valence-electron chi connectivity index (χ0n) is 12.9. The Labute approximate surface area is 121 Å². The summed E-state index contributed by atoms with van der Waals surface area (Å²) in [5, 5.41) is 7.97. The molecule has 0 aliphatic heterocycles. The SMILES string of the molecule is CCCNC(Cc1cnn(CC)c1)c1cc(C)oc1C. The summed E-state index contributed by atoms with van der Waals surface area (Å²) in [6, 6.07) is 2.44. The Bertz CT molecular complexity index is 542. The second-order valence-electron chi connectivity index (χ2n) is 5.28. The summed E-state index contributed by atoms with van der Waals surface area (Å²) in [5.41, 5.74) is 2.53. The van der Waals surface area contributed by atoms with Crippen LogP contribution in [0, 0.1) is 13.8 Å². The number of rotatable bonds is 7. The quantitative estimate of drug-likeness (QED) is 0.842. The van der Waals surface area contributed by atoms with Crippen molar-refractivity contribution in [2.45, 2.75) is 53.1 Å². The molecule has 2 aromatic heterocycles. The average Bonchev–Trinajstić information content (AvgIpc) is 3.01. The van der Waals surface area contributed by atoms with E-state index in [9.17, 15) is 0 Å². The molecule has 0 saturated carbocycles. The van der Waals surface area contributed by atoms with Gasteiger partial charge in [-0.1, -0.05) is 6.92 Å². The highest BCUT2D eigenvalue weighted by molar-refractivity contribution is 5.26. The molecule has 2 heterocycles. The Morgan fingerprint density at radius 3 is 2.70 bits per heavy atom. The first-order chi connectivity index (χ1) is 9.63. The molecule has 1 N–H and O–H groups in total. The molecule has 0 fully saturated rings. The molecular weight excluding hydrogens is 250 g/mol. The van der Waals surface area contributed by atoms with Crippen molar-refractivity contribution in [2.75, 3.05) is 6.54 Å². The van der Waals surface area contributed by atoms with Gasteiger partial charge in [-0.3, -0.25) is 4.68 Å². The van der Waals surface area contributed by atoms with Crippen LogP contribution in [0.3, 0.4) is 0 Å². The summed E-state index contributed by atoms with van der Waals surface area (Å²) in [6.07, 6.45) is 6.16. The second kappa shape index (κ2) is 6.75. The van der Waals surface area contributed by atoms with Gasteiger partial charge in [-0.05, 0) is 51.8 Å². The van der Waals surface area contributed by atoms with Crippen LogP contribution in [-0.4, -0.2) is 16.3 Å². The highest BCUT2D eigenvalue weighted by Gasteiger charge is 2.17. The maximum atomic E-state index is 5.68. The highest BCUT2D eigenvalue weighted by atomic mass is 16.3. The van der Waals surface area contributed by atoms with Crippen LogP contribution in [0.25, 0.3) is 0 Å². The van der Waals surface area contributed by atoms with E-state index in [1.807, 2.05) is 24.7 Å². The molecule has 0 aliphatic rings. The van der Waals surface area contributed by atoms with Crippen LogP contribution in [0.1, 0.15) is 49.0 Å². The third kappa shape index (κ3) is 3.51. The van der Waals surface area contributed by atoms with Gasteiger partial charge in [0.15, 0.2) is 0 Å². The molecule has 0 aromatic carbocycles. The van der Waals surface area contributed by atoms with Gasteiger partial charge in [-0.15, -0.1) is 0 Å². The number of hydrogen-bond acceptors (Lipinski definition) is 3. The Morgan fingerprint density at radius 1 is 1.35 bits per heavy atom. The zero-order valence-corrected chi connectivity index (χ0v) is 12.9.